The van der Waals surface area contributed by atoms with Gasteiger partial charge in [0, 0.05) is 36.0 Å². The van der Waals surface area contributed by atoms with E-state index in [2.05, 4.69) is 9.88 Å². The molecular formula is C18H15ClN2NaO6S2. The Balaban J connectivity index is 0.00000256. The Kier molecular flexibility index (Phi) is 6.85. The number of fused-ring (bicyclic) bond motifs is 1. The molecule has 0 atom stereocenters. The molecule has 0 spiro atoms. The van der Waals surface area contributed by atoms with Gasteiger partial charge in [0.25, 0.3) is 15.9 Å². The Morgan fingerprint density at radius 3 is 2.63 bits per heavy atom. The third kappa shape index (κ3) is 4.39. The second-order valence-corrected chi connectivity index (χ2v) is 9.31. The largest absolute Gasteiger partial charge is 0.454 e. The standard InChI is InChI=1S/C18H15ClN2O6S2.Na/c1-9-5-13-14(26-8-25-13)7-11(9)6-12(22)17-15(3-4-28-17)29(23,24)21-18-16(19)10(2)20-27-18;/h3-5,7,21H,6,8H2,1-2H3;. The molecule has 1 N–H and O–H groups in total. The van der Waals surface area contributed by atoms with Crippen molar-refractivity contribution in [3.8, 4) is 11.5 Å². The second-order valence-electron chi connectivity index (χ2n) is 6.36. The molecule has 0 bridgehead atoms. The number of benzene rings is 1. The Morgan fingerprint density at radius 1 is 1.27 bits per heavy atom. The van der Waals surface area contributed by atoms with Crippen molar-refractivity contribution < 1.29 is 27.2 Å². The predicted octanol–water partition coefficient (Wildman–Crippen LogP) is 3.58. The van der Waals surface area contributed by atoms with Crippen molar-refractivity contribution in [2.24, 2.45) is 0 Å². The van der Waals surface area contributed by atoms with Crippen LogP contribution in [0.4, 0.5) is 5.88 Å². The van der Waals surface area contributed by atoms with Gasteiger partial charge in [-0.15, -0.1) is 11.3 Å². The number of ketones is 1. The van der Waals surface area contributed by atoms with Crippen LogP contribution in [-0.4, -0.2) is 55.7 Å². The number of Topliss-reactive ketones (excluding diaryl/α,β-unsaturated/α-hetero) is 1. The van der Waals surface area contributed by atoms with Crippen LogP contribution < -0.4 is 14.2 Å². The van der Waals surface area contributed by atoms with Crippen LogP contribution in [-0.2, 0) is 16.4 Å². The van der Waals surface area contributed by atoms with Gasteiger partial charge in [-0.1, -0.05) is 16.8 Å². The number of aromatic nitrogens is 1. The summed E-state index contributed by atoms with van der Waals surface area (Å²) in [6.45, 7) is 3.57. The number of anilines is 1. The summed E-state index contributed by atoms with van der Waals surface area (Å²) in [5.74, 6) is 0.665. The van der Waals surface area contributed by atoms with Gasteiger partial charge < -0.3 is 14.0 Å². The molecule has 4 rings (SSSR count). The Hall–Kier alpha value is -1.56. The van der Waals surface area contributed by atoms with Crippen LogP contribution in [0.2, 0.25) is 5.02 Å². The molecule has 1 aromatic carbocycles. The number of halogens is 1. The van der Waals surface area contributed by atoms with Crippen LogP contribution in [0.3, 0.4) is 0 Å². The van der Waals surface area contributed by atoms with Crippen molar-refractivity contribution in [3.63, 3.8) is 0 Å². The molecule has 153 valence electrons. The van der Waals surface area contributed by atoms with Gasteiger partial charge in [0.2, 0.25) is 6.79 Å². The molecule has 3 heterocycles. The van der Waals surface area contributed by atoms with Crippen molar-refractivity contribution >= 4 is 74.2 Å². The van der Waals surface area contributed by atoms with E-state index in [4.69, 9.17) is 25.6 Å². The van der Waals surface area contributed by atoms with E-state index < -0.39 is 10.0 Å². The fourth-order valence-electron chi connectivity index (χ4n) is 2.84. The normalized spacial score (nSPS) is 12.5. The number of hydrogen-bond donors (Lipinski definition) is 1. The molecule has 0 fully saturated rings. The van der Waals surface area contributed by atoms with Crippen LogP contribution in [0.15, 0.2) is 33.0 Å². The quantitative estimate of drug-likeness (QED) is 0.427. The zero-order valence-corrected chi connectivity index (χ0v) is 20.7. The second kappa shape index (κ2) is 8.89. The molecule has 0 amide bonds. The number of sulfonamides is 1. The fourth-order valence-corrected chi connectivity index (χ4v) is 5.40. The maximum absolute atomic E-state index is 12.9. The summed E-state index contributed by atoms with van der Waals surface area (Å²) in [4.78, 5) is 12.9. The van der Waals surface area contributed by atoms with E-state index in [-0.39, 0.29) is 69.2 Å². The van der Waals surface area contributed by atoms with Gasteiger partial charge in [-0.25, -0.2) is 13.1 Å². The first-order chi connectivity index (χ1) is 13.8. The van der Waals surface area contributed by atoms with Crippen LogP contribution >= 0.6 is 22.9 Å². The monoisotopic (exact) mass is 477 g/mol. The predicted molar refractivity (Wildman–Crippen MR) is 112 cm³/mol. The number of rotatable bonds is 6. The van der Waals surface area contributed by atoms with Gasteiger partial charge >= 0.3 is 0 Å². The molecule has 3 aromatic rings. The van der Waals surface area contributed by atoms with Crippen molar-refractivity contribution in [2.45, 2.75) is 25.2 Å². The van der Waals surface area contributed by atoms with E-state index in [1.807, 2.05) is 6.92 Å². The molecule has 0 unspecified atom stereocenters. The first-order valence-electron chi connectivity index (χ1n) is 8.40. The van der Waals surface area contributed by atoms with Gasteiger partial charge in [-0.3, -0.25) is 4.79 Å². The van der Waals surface area contributed by atoms with Gasteiger partial charge in [0.15, 0.2) is 17.3 Å². The minimum atomic E-state index is -4.09. The van der Waals surface area contributed by atoms with E-state index >= 15 is 0 Å². The topological polar surface area (TPSA) is 108 Å². The summed E-state index contributed by atoms with van der Waals surface area (Å²) >= 11 is 7.03. The SMILES string of the molecule is Cc1cc2c(cc1CC(=O)c1sccc1S(=O)(=O)Nc1onc(C)c1Cl)OCO2.[Na]. The third-order valence-electron chi connectivity index (χ3n) is 4.37. The molecular weight excluding hydrogens is 463 g/mol. The van der Waals surface area contributed by atoms with E-state index in [1.165, 1.54) is 6.07 Å². The minimum absolute atomic E-state index is 0. The molecule has 30 heavy (non-hydrogen) atoms. The molecule has 8 nitrogen and oxygen atoms in total. The number of carbonyl (C=O) groups is 1. The Labute approximate surface area is 203 Å². The zero-order chi connectivity index (χ0) is 20.8. The molecule has 0 aliphatic carbocycles. The maximum atomic E-state index is 12.9. The molecule has 12 heteroatoms. The molecule has 1 aliphatic heterocycles. The maximum Gasteiger partial charge on any atom is 0.265 e. The van der Waals surface area contributed by atoms with E-state index in [1.54, 1.807) is 24.4 Å². The van der Waals surface area contributed by atoms with Crippen LogP contribution in [0, 0.1) is 13.8 Å². The summed E-state index contributed by atoms with van der Waals surface area (Å²) in [6.07, 6.45) is 0.0215. The Morgan fingerprint density at radius 2 is 1.97 bits per heavy atom. The minimum Gasteiger partial charge on any atom is -0.454 e. The van der Waals surface area contributed by atoms with Crippen LogP contribution in [0.5, 0.6) is 11.5 Å². The number of nitrogens with one attached hydrogen (secondary N) is 1. The van der Waals surface area contributed by atoms with Crippen LogP contribution in [0.1, 0.15) is 26.5 Å². The smallest absolute Gasteiger partial charge is 0.265 e. The number of ether oxygens (including phenoxy) is 2. The number of nitrogens with zero attached hydrogens (tertiary/aromatic N) is 1. The zero-order valence-electron chi connectivity index (χ0n) is 16.3. The van der Waals surface area contributed by atoms with Gasteiger partial charge in [0.05, 0.1) is 4.88 Å². The van der Waals surface area contributed by atoms with Gasteiger partial charge in [0.1, 0.15) is 15.6 Å². The summed E-state index contributed by atoms with van der Waals surface area (Å²) in [6, 6.07) is 4.91. The van der Waals surface area contributed by atoms with Crippen molar-refractivity contribution in [2.75, 3.05) is 11.5 Å². The number of thiophene rings is 1. The summed E-state index contributed by atoms with van der Waals surface area (Å²) in [5.41, 5.74) is 1.94. The third-order valence-corrected chi connectivity index (χ3v) is 7.28. The molecule has 2 aromatic heterocycles. The molecule has 0 saturated heterocycles. The molecule has 1 radical (unpaired) electrons. The molecule has 1 aliphatic rings. The summed E-state index contributed by atoms with van der Waals surface area (Å²) in [5, 5.41) is 5.22. The number of carbonyl (C=O) groups excluding carboxylic acids is 1. The fraction of sp³-hybridized carbons (Fsp3) is 0.222. The summed E-state index contributed by atoms with van der Waals surface area (Å²) in [7, 11) is -4.09. The first-order valence-corrected chi connectivity index (χ1v) is 11.1. The number of hydrogen-bond acceptors (Lipinski definition) is 8. The first kappa shape index (κ1) is 23.1. The van der Waals surface area contributed by atoms with E-state index in [0.29, 0.717) is 17.2 Å². The molecule has 0 saturated carbocycles. The van der Waals surface area contributed by atoms with E-state index in [9.17, 15) is 13.2 Å². The van der Waals surface area contributed by atoms with Crippen molar-refractivity contribution in [3.05, 3.63) is 50.3 Å². The van der Waals surface area contributed by atoms with Crippen molar-refractivity contribution in [1.82, 2.24) is 5.16 Å². The van der Waals surface area contributed by atoms with Gasteiger partial charge in [-0.05, 0) is 48.6 Å². The van der Waals surface area contributed by atoms with Crippen molar-refractivity contribution in [1.29, 1.82) is 0 Å². The van der Waals surface area contributed by atoms with Gasteiger partial charge in [-0.2, -0.15) is 0 Å². The Bertz CT molecular complexity index is 1220. The number of aryl methyl sites for hydroxylation is 2. The average molecular weight is 478 g/mol. The summed E-state index contributed by atoms with van der Waals surface area (Å²) < 4.78 is 43.4. The average Bonchev–Trinajstić information content (AvgIpc) is 3.39. The van der Waals surface area contributed by atoms with E-state index in [0.717, 1.165) is 22.5 Å². The van der Waals surface area contributed by atoms with Crippen LogP contribution in [0.25, 0.3) is 0 Å².